The summed E-state index contributed by atoms with van der Waals surface area (Å²) in [4.78, 5) is 49.8. The van der Waals surface area contributed by atoms with Crippen molar-refractivity contribution in [1.29, 1.82) is 0 Å². The van der Waals surface area contributed by atoms with Crippen LogP contribution in [-0.2, 0) is 14.3 Å². The van der Waals surface area contributed by atoms with Gasteiger partial charge in [-0.3, -0.25) is 19.3 Å². The Kier molecular flexibility index (Phi) is 6.91. The maximum atomic E-state index is 12.6. The highest BCUT2D eigenvalue weighted by Crippen LogP contribution is 2.32. The molecule has 0 aliphatic carbocycles. The molecule has 7 nitrogen and oxygen atoms in total. The summed E-state index contributed by atoms with van der Waals surface area (Å²) in [6.07, 6.45) is 1.55. The van der Waals surface area contributed by atoms with Gasteiger partial charge in [0.1, 0.15) is 6.54 Å². The number of benzene rings is 2. The number of amides is 3. The Morgan fingerprint density at radius 1 is 1.06 bits per heavy atom. The minimum Gasteiger partial charge on any atom is -0.465 e. The molecule has 1 N–H and O–H groups in total. The zero-order valence-electron chi connectivity index (χ0n) is 17.4. The predicted molar refractivity (Wildman–Crippen MR) is 120 cm³/mol. The van der Waals surface area contributed by atoms with E-state index in [9.17, 15) is 19.2 Å². The molecule has 31 heavy (non-hydrogen) atoms. The van der Waals surface area contributed by atoms with Gasteiger partial charge in [0.05, 0.1) is 17.6 Å². The van der Waals surface area contributed by atoms with Crippen LogP contribution in [0, 0.1) is 0 Å². The molecule has 0 saturated carbocycles. The van der Waals surface area contributed by atoms with Gasteiger partial charge in [0, 0.05) is 5.69 Å². The van der Waals surface area contributed by atoms with Crippen LogP contribution in [0.15, 0.2) is 53.4 Å². The van der Waals surface area contributed by atoms with Crippen LogP contribution in [0.4, 0.5) is 10.5 Å². The predicted octanol–water partition coefficient (Wildman–Crippen LogP) is 4.27. The molecule has 8 heteroatoms. The summed E-state index contributed by atoms with van der Waals surface area (Å²) < 4.78 is 4.65. The molecule has 160 valence electrons. The number of nitrogens with zero attached hydrogens (tertiary/aromatic N) is 1. The molecule has 0 spiro atoms. The zero-order valence-corrected chi connectivity index (χ0v) is 18.2. The summed E-state index contributed by atoms with van der Waals surface area (Å²) in [5, 5.41) is 2.20. The first-order valence-electron chi connectivity index (χ1n) is 9.62. The van der Waals surface area contributed by atoms with E-state index >= 15 is 0 Å². The van der Waals surface area contributed by atoms with Crippen molar-refractivity contribution in [3.8, 4) is 0 Å². The van der Waals surface area contributed by atoms with E-state index in [1.54, 1.807) is 42.5 Å². The number of anilines is 1. The standard InChI is InChI=1S/C23H22N2O5S/c1-14(2)16-8-10-18(11-9-16)24-20(26)13-25-21(27)19(31-23(25)29)12-15-4-6-17(7-5-15)22(28)30-3/h4-12,14H,13H2,1-3H3,(H,24,26)/b19-12+. The number of hydrogen-bond donors (Lipinski definition) is 1. The largest absolute Gasteiger partial charge is 0.465 e. The van der Waals surface area contributed by atoms with Crippen LogP contribution in [-0.4, -0.2) is 41.6 Å². The monoisotopic (exact) mass is 438 g/mol. The van der Waals surface area contributed by atoms with Crippen LogP contribution in [0.3, 0.4) is 0 Å². The average molecular weight is 439 g/mol. The van der Waals surface area contributed by atoms with Crippen molar-refractivity contribution in [1.82, 2.24) is 4.90 Å². The van der Waals surface area contributed by atoms with Crippen LogP contribution in [0.2, 0.25) is 0 Å². The molecule has 0 unspecified atom stereocenters. The Morgan fingerprint density at radius 3 is 2.29 bits per heavy atom. The number of esters is 1. The maximum Gasteiger partial charge on any atom is 0.337 e. The summed E-state index contributed by atoms with van der Waals surface area (Å²) in [6, 6.07) is 13.9. The molecular weight excluding hydrogens is 416 g/mol. The van der Waals surface area contributed by atoms with E-state index in [1.165, 1.54) is 7.11 Å². The molecule has 1 fully saturated rings. The number of carbonyl (C=O) groups excluding carboxylic acids is 4. The van der Waals surface area contributed by atoms with E-state index in [0.717, 1.165) is 22.2 Å². The number of imide groups is 1. The Labute approximate surface area is 184 Å². The maximum absolute atomic E-state index is 12.6. The smallest absolute Gasteiger partial charge is 0.337 e. The van der Waals surface area contributed by atoms with Crippen molar-refractivity contribution in [2.24, 2.45) is 0 Å². The molecule has 3 rings (SSSR count). The Bertz CT molecular complexity index is 1040. The Balaban J connectivity index is 1.64. The quantitative estimate of drug-likeness (QED) is 0.535. The fourth-order valence-electron chi connectivity index (χ4n) is 2.92. The van der Waals surface area contributed by atoms with E-state index in [1.807, 2.05) is 12.1 Å². The highest BCUT2D eigenvalue weighted by atomic mass is 32.2. The highest BCUT2D eigenvalue weighted by Gasteiger charge is 2.36. The fraction of sp³-hybridized carbons (Fsp3) is 0.217. The number of ether oxygens (including phenoxy) is 1. The van der Waals surface area contributed by atoms with Crippen molar-refractivity contribution in [2.75, 3.05) is 19.0 Å². The van der Waals surface area contributed by atoms with Gasteiger partial charge in [0.2, 0.25) is 5.91 Å². The van der Waals surface area contributed by atoms with E-state index in [4.69, 9.17) is 0 Å². The number of carbonyl (C=O) groups is 4. The highest BCUT2D eigenvalue weighted by molar-refractivity contribution is 8.18. The number of hydrogen-bond acceptors (Lipinski definition) is 6. The normalized spacial score (nSPS) is 15.0. The molecule has 0 bridgehead atoms. The molecular formula is C23H22N2O5S. The summed E-state index contributed by atoms with van der Waals surface area (Å²) in [7, 11) is 1.29. The number of nitrogens with one attached hydrogen (secondary N) is 1. The lowest BCUT2D eigenvalue weighted by atomic mass is 10.0. The average Bonchev–Trinajstić information content (AvgIpc) is 3.01. The van der Waals surface area contributed by atoms with Crippen LogP contribution >= 0.6 is 11.8 Å². The lowest BCUT2D eigenvalue weighted by molar-refractivity contribution is -0.127. The molecule has 1 aliphatic rings. The first-order valence-corrected chi connectivity index (χ1v) is 10.4. The zero-order chi connectivity index (χ0) is 22.5. The van der Waals surface area contributed by atoms with Crippen LogP contribution < -0.4 is 5.32 Å². The Morgan fingerprint density at radius 2 is 1.71 bits per heavy atom. The molecule has 3 amide bonds. The molecule has 1 aliphatic heterocycles. The topological polar surface area (TPSA) is 92.8 Å². The third kappa shape index (κ3) is 5.40. The number of thioether (sulfide) groups is 1. The first kappa shape index (κ1) is 22.3. The van der Waals surface area contributed by atoms with Gasteiger partial charge in [-0.1, -0.05) is 38.1 Å². The van der Waals surface area contributed by atoms with Gasteiger partial charge in [-0.25, -0.2) is 4.79 Å². The van der Waals surface area contributed by atoms with Crippen molar-refractivity contribution in [3.63, 3.8) is 0 Å². The van der Waals surface area contributed by atoms with Gasteiger partial charge in [-0.15, -0.1) is 0 Å². The minimum atomic E-state index is -0.530. The van der Waals surface area contributed by atoms with Gasteiger partial charge >= 0.3 is 5.97 Å². The summed E-state index contributed by atoms with van der Waals surface area (Å²) in [5.41, 5.74) is 2.77. The van der Waals surface area contributed by atoms with Crippen LogP contribution in [0.5, 0.6) is 0 Å². The summed E-state index contributed by atoms with van der Waals surface area (Å²) in [6.45, 7) is 3.79. The molecule has 0 atom stereocenters. The second-order valence-electron chi connectivity index (χ2n) is 7.21. The number of methoxy groups -OCH3 is 1. The Hall–Kier alpha value is -3.39. The second-order valence-corrected chi connectivity index (χ2v) is 8.20. The van der Waals surface area contributed by atoms with E-state index < -0.39 is 23.0 Å². The molecule has 2 aromatic carbocycles. The lowest BCUT2D eigenvalue weighted by Gasteiger charge is -2.13. The summed E-state index contributed by atoms with van der Waals surface area (Å²) >= 11 is 0.772. The van der Waals surface area contributed by atoms with Gasteiger partial charge in [-0.2, -0.15) is 0 Å². The molecule has 0 radical (unpaired) electrons. The van der Waals surface area contributed by atoms with Gasteiger partial charge in [0.15, 0.2) is 0 Å². The van der Waals surface area contributed by atoms with Crippen LogP contribution in [0.1, 0.15) is 41.3 Å². The minimum absolute atomic E-state index is 0.213. The molecule has 0 aromatic heterocycles. The van der Waals surface area contributed by atoms with Gasteiger partial charge in [0.25, 0.3) is 11.1 Å². The molecule has 1 heterocycles. The third-order valence-corrected chi connectivity index (χ3v) is 5.57. The van der Waals surface area contributed by atoms with Crippen molar-refractivity contribution < 1.29 is 23.9 Å². The third-order valence-electron chi connectivity index (χ3n) is 4.67. The van der Waals surface area contributed by atoms with Gasteiger partial charge in [-0.05, 0) is 59.1 Å². The lowest BCUT2D eigenvalue weighted by Crippen LogP contribution is -2.36. The van der Waals surface area contributed by atoms with E-state index in [0.29, 0.717) is 22.7 Å². The molecule has 2 aromatic rings. The van der Waals surface area contributed by atoms with E-state index in [-0.39, 0.29) is 11.4 Å². The summed E-state index contributed by atoms with van der Waals surface area (Å²) in [5.74, 6) is -1.07. The van der Waals surface area contributed by atoms with Crippen molar-refractivity contribution >= 4 is 46.5 Å². The first-order chi connectivity index (χ1) is 14.8. The fourth-order valence-corrected chi connectivity index (χ4v) is 3.75. The van der Waals surface area contributed by atoms with Crippen LogP contribution in [0.25, 0.3) is 6.08 Å². The van der Waals surface area contributed by atoms with Crippen molar-refractivity contribution in [3.05, 3.63) is 70.1 Å². The van der Waals surface area contributed by atoms with E-state index in [2.05, 4.69) is 23.9 Å². The number of rotatable bonds is 6. The SMILES string of the molecule is COC(=O)c1ccc(/C=C2/SC(=O)N(CC(=O)Nc3ccc(C(C)C)cc3)C2=O)cc1. The van der Waals surface area contributed by atoms with Gasteiger partial charge < -0.3 is 10.1 Å². The second kappa shape index (κ2) is 9.61. The van der Waals surface area contributed by atoms with Crippen molar-refractivity contribution in [2.45, 2.75) is 19.8 Å². The molecule has 1 saturated heterocycles.